The molecule has 1 fully saturated rings. The predicted octanol–water partition coefficient (Wildman–Crippen LogP) is 3.04. The molecule has 1 aliphatic heterocycles. The van der Waals surface area contributed by atoms with Crippen molar-refractivity contribution in [2.45, 2.75) is 26.3 Å². The number of carbonyl (C=O) groups is 1. The second-order valence-corrected chi connectivity index (χ2v) is 7.15. The van der Waals surface area contributed by atoms with Crippen molar-refractivity contribution in [3.63, 3.8) is 0 Å². The van der Waals surface area contributed by atoms with Gasteiger partial charge < -0.3 is 14.9 Å². The van der Waals surface area contributed by atoms with Gasteiger partial charge in [0.15, 0.2) is 5.13 Å². The fourth-order valence-corrected chi connectivity index (χ4v) is 3.86. The van der Waals surface area contributed by atoms with Crippen molar-refractivity contribution in [2.24, 2.45) is 5.92 Å². The number of hydrogen-bond donors (Lipinski definition) is 1. The fourth-order valence-electron chi connectivity index (χ4n) is 2.99. The van der Waals surface area contributed by atoms with E-state index in [2.05, 4.69) is 9.88 Å². The van der Waals surface area contributed by atoms with E-state index in [1.807, 2.05) is 5.38 Å². The molecule has 0 atom stereocenters. The highest BCUT2D eigenvalue weighted by molar-refractivity contribution is 7.13. The van der Waals surface area contributed by atoms with Gasteiger partial charge in [0.2, 0.25) is 5.91 Å². The maximum atomic E-state index is 13.1. The van der Waals surface area contributed by atoms with Crippen molar-refractivity contribution in [3.05, 3.63) is 41.2 Å². The summed E-state index contributed by atoms with van der Waals surface area (Å²) < 4.78 is 13.1. The number of rotatable bonds is 5. The Hall–Kier alpha value is -1.99. The van der Waals surface area contributed by atoms with Gasteiger partial charge in [0.25, 0.3) is 0 Å². The van der Waals surface area contributed by atoms with Gasteiger partial charge in [0, 0.05) is 37.7 Å². The number of halogens is 1. The number of anilines is 2. The van der Waals surface area contributed by atoms with Crippen LogP contribution in [0, 0.1) is 11.7 Å². The average Bonchev–Trinajstić information content (AvgIpc) is 3.09. The van der Waals surface area contributed by atoms with E-state index in [0.717, 1.165) is 36.8 Å². The van der Waals surface area contributed by atoms with Crippen molar-refractivity contribution in [2.75, 3.05) is 29.5 Å². The number of aliphatic hydroxyl groups excluding tert-OH is 1. The third-order valence-electron chi connectivity index (χ3n) is 4.52. The molecule has 2 aromatic rings. The third kappa shape index (κ3) is 4.35. The van der Waals surface area contributed by atoms with Crippen LogP contribution in [-0.4, -0.2) is 35.7 Å². The molecule has 7 heteroatoms. The Morgan fingerprint density at radius 2 is 2.04 bits per heavy atom. The van der Waals surface area contributed by atoms with Crippen LogP contribution in [0.25, 0.3) is 0 Å². The van der Waals surface area contributed by atoms with Crippen LogP contribution in [0.2, 0.25) is 0 Å². The Bertz CT molecular complexity index is 711. The smallest absolute Gasteiger partial charge is 0.224 e. The van der Waals surface area contributed by atoms with Crippen LogP contribution in [0.5, 0.6) is 0 Å². The Morgan fingerprint density at radius 3 is 2.64 bits per heavy atom. The summed E-state index contributed by atoms with van der Waals surface area (Å²) in [5.74, 6) is -0.0400. The van der Waals surface area contributed by atoms with Crippen LogP contribution in [0.1, 0.15) is 25.5 Å². The highest BCUT2D eigenvalue weighted by atomic mass is 32.1. The molecule has 2 heterocycles. The van der Waals surface area contributed by atoms with Crippen LogP contribution in [0.15, 0.2) is 29.6 Å². The van der Waals surface area contributed by atoms with Gasteiger partial charge in [-0.1, -0.05) is 0 Å². The quantitative estimate of drug-likeness (QED) is 0.887. The molecule has 1 saturated heterocycles. The van der Waals surface area contributed by atoms with E-state index < -0.39 is 0 Å². The molecule has 134 valence electrons. The Labute approximate surface area is 150 Å². The largest absolute Gasteiger partial charge is 0.396 e. The molecule has 0 radical (unpaired) electrons. The van der Waals surface area contributed by atoms with Crippen LogP contribution in [-0.2, 0) is 11.3 Å². The van der Waals surface area contributed by atoms with Crippen molar-refractivity contribution in [3.8, 4) is 0 Å². The zero-order chi connectivity index (χ0) is 17.8. The molecule has 1 aliphatic rings. The summed E-state index contributed by atoms with van der Waals surface area (Å²) in [7, 11) is 0. The molecule has 5 nitrogen and oxygen atoms in total. The predicted molar refractivity (Wildman–Crippen MR) is 97.4 cm³/mol. The molecular weight excluding hydrogens is 341 g/mol. The van der Waals surface area contributed by atoms with Crippen molar-refractivity contribution >= 4 is 28.1 Å². The summed E-state index contributed by atoms with van der Waals surface area (Å²) in [4.78, 5) is 20.5. The van der Waals surface area contributed by atoms with Crippen molar-refractivity contribution in [1.82, 2.24) is 4.98 Å². The number of carbonyl (C=O) groups excluding carboxylic acids is 1. The summed E-state index contributed by atoms with van der Waals surface area (Å²) in [5.41, 5.74) is 1.48. The number of piperidine rings is 1. The second-order valence-electron chi connectivity index (χ2n) is 6.32. The minimum atomic E-state index is -0.325. The van der Waals surface area contributed by atoms with Crippen molar-refractivity contribution in [1.29, 1.82) is 0 Å². The molecule has 1 amide bonds. The lowest BCUT2D eigenvalue weighted by Gasteiger charge is -2.30. The highest BCUT2D eigenvalue weighted by Gasteiger charge is 2.21. The van der Waals surface area contributed by atoms with Gasteiger partial charge in [0.05, 0.1) is 12.2 Å². The van der Waals surface area contributed by atoms with Crippen LogP contribution < -0.4 is 9.80 Å². The van der Waals surface area contributed by atoms with E-state index >= 15 is 0 Å². The lowest BCUT2D eigenvalue weighted by molar-refractivity contribution is -0.116. The average molecular weight is 363 g/mol. The molecule has 3 rings (SSSR count). The van der Waals surface area contributed by atoms with E-state index in [-0.39, 0.29) is 18.3 Å². The van der Waals surface area contributed by atoms with Crippen LogP contribution in [0.3, 0.4) is 0 Å². The first-order chi connectivity index (χ1) is 12.1. The van der Waals surface area contributed by atoms with Gasteiger partial charge in [-0.15, -0.1) is 11.3 Å². The van der Waals surface area contributed by atoms with E-state index in [4.69, 9.17) is 0 Å². The molecule has 1 aromatic heterocycles. The Morgan fingerprint density at radius 1 is 1.36 bits per heavy atom. The second kappa shape index (κ2) is 7.93. The SMILES string of the molecule is CC(=O)N(Cc1csc(N2CCC(CO)CC2)n1)c1ccc(F)cc1. The summed E-state index contributed by atoms with van der Waals surface area (Å²) >= 11 is 1.57. The van der Waals surface area contributed by atoms with Gasteiger partial charge in [-0.2, -0.15) is 0 Å². The Balaban J connectivity index is 1.69. The minimum absolute atomic E-state index is 0.107. The summed E-state index contributed by atoms with van der Waals surface area (Å²) in [5, 5.41) is 12.2. The van der Waals surface area contributed by atoms with Crippen molar-refractivity contribution < 1.29 is 14.3 Å². The number of benzene rings is 1. The lowest BCUT2D eigenvalue weighted by atomic mass is 9.98. The first kappa shape index (κ1) is 17.8. The van der Waals surface area contributed by atoms with E-state index in [1.165, 1.54) is 19.1 Å². The maximum Gasteiger partial charge on any atom is 0.224 e. The Kier molecular flexibility index (Phi) is 5.65. The number of nitrogens with zero attached hydrogens (tertiary/aromatic N) is 3. The number of aromatic nitrogens is 1. The standard InChI is InChI=1S/C18H22FN3O2S/c1-13(24)22(17-4-2-15(19)3-5-17)10-16-12-25-18(20-16)21-8-6-14(11-23)7-9-21/h2-5,12,14,23H,6-11H2,1H3. The minimum Gasteiger partial charge on any atom is -0.396 e. The maximum absolute atomic E-state index is 13.1. The van der Waals surface area contributed by atoms with Gasteiger partial charge in [-0.3, -0.25) is 4.79 Å². The molecule has 25 heavy (non-hydrogen) atoms. The van der Waals surface area contributed by atoms with Gasteiger partial charge in [0.1, 0.15) is 5.82 Å². The molecule has 0 bridgehead atoms. The number of thiazole rings is 1. The molecule has 0 aliphatic carbocycles. The first-order valence-corrected chi connectivity index (χ1v) is 9.28. The van der Waals surface area contributed by atoms with Crippen LogP contribution >= 0.6 is 11.3 Å². The highest BCUT2D eigenvalue weighted by Crippen LogP contribution is 2.27. The fraction of sp³-hybridized carbons (Fsp3) is 0.444. The molecule has 0 spiro atoms. The van der Waals surface area contributed by atoms with E-state index in [1.54, 1.807) is 28.4 Å². The molecule has 1 N–H and O–H groups in total. The molecule has 1 aromatic carbocycles. The zero-order valence-corrected chi connectivity index (χ0v) is 15.0. The first-order valence-electron chi connectivity index (χ1n) is 8.40. The molecular formula is C18H22FN3O2S. The number of amides is 1. The zero-order valence-electron chi connectivity index (χ0n) is 14.2. The summed E-state index contributed by atoms with van der Waals surface area (Å²) in [6.07, 6.45) is 1.95. The topological polar surface area (TPSA) is 56.7 Å². The number of aliphatic hydroxyl groups is 1. The van der Waals surface area contributed by atoms with Crippen LogP contribution in [0.4, 0.5) is 15.2 Å². The summed E-state index contributed by atoms with van der Waals surface area (Å²) in [6, 6.07) is 5.90. The summed E-state index contributed by atoms with van der Waals surface area (Å²) in [6.45, 7) is 3.90. The number of hydrogen-bond acceptors (Lipinski definition) is 5. The van der Waals surface area contributed by atoms with Gasteiger partial charge >= 0.3 is 0 Å². The third-order valence-corrected chi connectivity index (χ3v) is 5.47. The van der Waals surface area contributed by atoms with E-state index in [0.29, 0.717) is 18.2 Å². The van der Waals surface area contributed by atoms with Gasteiger partial charge in [-0.05, 0) is 43.0 Å². The van der Waals surface area contributed by atoms with Gasteiger partial charge in [-0.25, -0.2) is 9.37 Å². The molecule has 0 unspecified atom stereocenters. The lowest BCUT2D eigenvalue weighted by Crippen LogP contribution is -2.34. The van der Waals surface area contributed by atoms with E-state index in [9.17, 15) is 14.3 Å². The normalized spacial score (nSPS) is 15.4. The molecule has 0 saturated carbocycles. The monoisotopic (exact) mass is 363 g/mol.